The van der Waals surface area contributed by atoms with Crippen LogP contribution in [0.3, 0.4) is 0 Å². The summed E-state index contributed by atoms with van der Waals surface area (Å²) >= 11 is 6.07. The summed E-state index contributed by atoms with van der Waals surface area (Å²) in [5.41, 5.74) is -3.54. The van der Waals surface area contributed by atoms with E-state index in [1.807, 2.05) is 13.8 Å². The number of fused-ring (bicyclic) bond motifs is 1. The van der Waals surface area contributed by atoms with Crippen LogP contribution in [0.5, 0.6) is 0 Å². The smallest absolute Gasteiger partial charge is 0.343 e. The van der Waals surface area contributed by atoms with Gasteiger partial charge in [0, 0.05) is 67.7 Å². The first-order valence-corrected chi connectivity index (χ1v) is 31.9. The van der Waals surface area contributed by atoms with E-state index in [1.165, 1.54) is 79.8 Å². The van der Waals surface area contributed by atoms with Crippen molar-refractivity contribution in [2.45, 2.75) is 200 Å². The molecule has 0 aliphatic carbocycles. The zero-order valence-corrected chi connectivity index (χ0v) is 57.6. The highest BCUT2D eigenvalue weighted by Crippen LogP contribution is 2.36. The molecule has 29 heteroatoms. The molecule has 11 amide bonds. The lowest BCUT2D eigenvalue weighted by Crippen LogP contribution is -2.65. The third-order valence-electron chi connectivity index (χ3n) is 18.1. The molecule has 1 unspecified atom stereocenters. The molecule has 2 aromatic carbocycles. The summed E-state index contributed by atoms with van der Waals surface area (Å²) in [5, 5.41) is 10.2. The van der Waals surface area contributed by atoms with E-state index < -0.39 is 172 Å². The van der Waals surface area contributed by atoms with Gasteiger partial charge >= 0.3 is 12.4 Å². The number of rotatable bonds is 11. The maximum absolute atomic E-state index is 14.8. The predicted molar refractivity (Wildman–Crippen MR) is 338 cm³/mol. The number of benzene rings is 2. The fraction of sp³-hybridized carbons (Fsp3) is 0.646. The summed E-state index contributed by atoms with van der Waals surface area (Å²) < 4.78 is 82.5. The van der Waals surface area contributed by atoms with Crippen LogP contribution in [0, 0.1) is 17.8 Å². The van der Waals surface area contributed by atoms with E-state index in [-0.39, 0.29) is 68.0 Å². The molecule has 2 aromatic rings. The Bertz CT molecular complexity index is 3100. The fourth-order valence-electron chi connectivity index (χ4n) is 10.9. The molecule has 2 fully saturated rings. The normalized spacial score (nSPS) is 25.4. The molecule has 22 nitrogen and oxygen atoms in total. The van der Waals surface area contributed by atoms with Gasteiger partial charge in [0.15, 0.2) is 0 Å². The first kappa shape index (κ1) is 78.9. The lowest BCUT2D eigenvalue weighted by Gasteiger charge is -2.45. The Hall–Kier alpha value is -7.52. The Morgan fingerprint density at radius 2 is 1.17 bits per heavy atom. The number of nitrogens with one attached hydrogen (secondary N) is 4. The van der Waals surface area contributed by atoms with E-state index in [4.69, 9.17) is 11.6 Å². The number of amides is 11. The first-order valence-electron chi connectivity index (χ1n) is 31.5. The zero-order valence-electron chi connectivity index (χ0n) is 56.8. The number of hydrogen-bond acceptors (Lipinski definition) is 11. The van der Waals surface area contributed by atoms with Crippen molar-refractivity contribution in [3.8, 4) is 0 Å². The van der Waals surface area contributed by atoms with Crippen molar-refractivity contribution in [3.63, 3.8) is 0 Å². The average Bonchev–Trinajstić information content (AvgIpc) is 0.789. The Morgan fingerprint density at radius 3 is 1.68 bits per heavy atom. The maximum Gasteiger partial charge on any atom is 0.417 e. The molecule has 0 spiro atoms. The molecule has 0 saturated carbocycles. The minimum atomic E-state index is -4.81. The molecule has 524 valence electrons. The van der Waals surface area contributed by atoms with Gasteiger partial charge in [-0.25, -0.2) is 0 Å². The maximum atomic E-state index is 14.8. The van der Waals surface area contributed by atoms with Crippen LogP contribution < -0.4 is 21.3 Å². The molecule has 2 saturated heterocycles. The van der Waals surface area contributed by atoms with Crippen molar-refractivity contribution >= 4 is 76.6 Å². The molecular weight excluding hydrogens is 1260 g/mol. The molecule has 2 aliphatic rings. The SMILES string of the molecule is CC[C@H](C)[C@@H]1NC(=O)[C@H](C)N(C)C(=O)C[C@@H](C)N(C)C(=O)[C@H](CC(C)C)NC(=O)C(C)(C)N(C)C(=O)[C@H](CC(C)C)NC(=O)[C@H](CCc2ccc(C(F)(F)F)c(Cl)c2)NC(=O)CN(C)C(=O)[C@H](Cc2ccc(C(F)(F)F)cc2)N(C)C(=O)C2CCN2C(=O)[C@H](C)N(C)C1=O. The van der Waals surface area contributed by atoms with Crippen LogP contribution in [-0.2, 0) is 77.9 Å². The van der Waals surface area contributed by atoms with Crippen molar-refractivity contribution in [3.05, 3.63) is 69.7 Å². The minimum absolute atomic E-state index is 0.0236. The van der Waals surface area contributed by atoms with Gasteiger partial charge in [-0.05, 0) is 120 Å². The summed E-state index contributed by atoms with van der Waals surface area (Å²) in [6.45, 7) is 17.1. The molecule has 94 heavy (non-hydrogen) atoms. The summed E-state index contributed by atoms with van der Waals surface area (Å²) in [7, 11) is 7.91. The third-order valence-corrected chi connectivity index (χ3v) is 18.4. The second-order valence-electron chi connectivity index (χ2n) is 26.3. The quantitative estimate of drug-likeness (QED) is 0.199. The largest absolute Gasteiger partial charge is 0.417 e. The van der Waals surface area contributed by atoms with E-state index in [9.17, 15) is 79.1 Å². The molecule has 0 radical (unpaired) electrons. The molecular formula is C65H94ClF6N11O11. The van der Waals surface area contributed by atoms with Crippen LogP contribution in [0.1, 0.15) is 137 Å². The van der Waals surface area contributed by atoms with Gasteiger partial charge in [-0.3, -0.25) is 52.7 Å². The summed E-state index contributed by atoms with van der Waals surface area (Å²) in [6, 6.07) is -4.75. The van der Waals surface area contributed by atoms with Gasteiger partial charge < -0.3 is 55.6 Å². The summed E-state index contributed by atoms with van der Waals surface area (Å²) in [5.74, 6) is -9.50. The predicted octanol–water partition coefficient (Wildman–Crippen LogP) is 5.70. The molecule has 0 bridgehead atoms. The number of aryl methyl sites for hydroxylation is 1. The van der Waals surface area contributed by atoms with Crippen molar-refractivity contribution in [1.82, 2.24) is 55.6 Å². The van der Waals surface area contributed by atoms with E-state index in [0.29, 0.717) is 6.42 Å². The highest BCUT2D eigenvalue weighted by Gasteiger charge is 2.47. The summed E-state index contributed by atoms with van der Waals surface area (Å²) in [6.07, 6.45) is -10.3. The summed E-state index contributed by atoms with van der Waals surface area (Å²) in [4.78, 5) is 167. The second kappa shape index (κ2) is 32.8. The lowest BCUT2D eigenvalue weighted by molar-refractivity contribution is -0.160. The van der Waals surface area contributed by atoms with Gasteiger partial charge in [0.25, 0.3) is 0 Å². The van der Waals surface area contributed by atoms with Crippen molar-refractivity contribution < 1.29 is 79.1 Å². The number of alkyl halides is 6. The fourth-order valence-corrected chi connectivity index (χ4v) is 11.2. The van der Waals surface area contributed by atoms with Crippen molar-refractivity contribution in [2.75, 3.05) is 55.4 Å². The number of hydrogen-bond donors (Lipinski definition) is 4. The van der Waals surface area contributed by atoms with Crippen molar-refractivity contribution in [2.24, 2.45) is 17.8 Å². The van der Waals surface area contributed by atoms with E-state index in [1.54, 1.807) is 34.6 Å². The van der Waals surface area contributed by atoms with Gasteiger partial charge in [0.1, 0.15) is 53.9 Å². The van der Waals surface area contributed by atoms with Gasteiger partial charge in [-0.15, -0.1) is 0 Å². The minimum Gasteiger partial charge on any atom is -0.343 e. The molecule has 4 N–H and O–H groups in total. The van der Waals surface area contributed by atoms with Crippen LogP contribution >= 0.6 is 11.6 Å². The van der Waals surface area contributed by atoms with Gasteiger partial charge in [-0.1, -0.05) is 77.8 Å². The van der Waals surface area contributed by atoms with E-state index in [0.717, 1.165) is 67.0 Å². The second-order valence-corrected chi connectivity index (χ2v) is 26.8. The van der Waals surface area contributed by atoms with Crippen LogP contribution in [0.4, 0.5) is 26.3 Å². The Morgan fingerprint density at radius 1 is 0.606 bits per heavy atom. The average molecular weight is 1350 g/mol. The topological polar surface area (TPSA) is 259 Å². The van der Waals surface area contributed by atoms with Crippen LogP contribution in [-0.4, -0.2) is 215 Å². The number of likely N-dealkylation sites (N-methyl/N-ethyl adjacent to an activating group) is 6. The Balaban J connectivity index is 1.86. The first-order chi connectivity index (χ1) is 43.4. The van der Waals surface area contributed by atoms with E-state index in [2.05, 4.69) is 21.3 Å². The molecule has 2 aliphatic heterocycles. The third kappa shape index (κ3) is 20.0. The molecule has 0 aromatic heterocycles. The highest BCUT2D eigenvalue weighted by molar-refractivity contribution is 6.31. The van der Waals surface area contributed by atoms with Crippen LogP contribution in [0.2, 0.25) is 5.02 Å². The van der Waals surface area contributed by atoms with Crippen molar-refractivity contribution in [1.29, 1.82) is 0 Å². The number of halogens is 7. The standard InChI is InChI=1S/C65H94ClF6N11O11/c1-18-37(6)53-61(93)80(15)40(9)56(88)83-28-27-49(83)60(92)81(16)50(33-42-19-23-43(24-20-42)64(67,68)69)59(91)77(12)34-51(84)73-46(26-22-41-21-25-44(45(66)32-41)65(70,71)72)55(87)74-48(30-36(4)5)58(90)82(17)63(10,11)62(94)75-47(29-35(2)3)57(89)78(13)38(7)31-52(85)79(14)39(8)54(86)76-53/h19-21,23-25,32,35-40,46-50,53H,18,22,26-31,33-34H2,1-17H3,(H,73,84)(H,74,87)(H,75,94)(H,76,86)/t37-,38+,39-,40-,46-,47-,48-,49?,50-,53-/m0/s1. The van der Waals surface area contributed by atoms with Gasteiger partial charge in [0.2, 0.25) is 65.0 Å². The molecule has 4 rings (SSSR count). The number of carbonyl (C=O) groups excluding carboxylic acids is 11. The van der Waals surface area contributed by atoms with Gasteiger partial charge in [0.05, 0.1) is 22.7 Å². The monoisotopic (exact) mass is 1350 g/mol. The Kier molecular flexibility index (Phi) is 27.5. The van der Waals surface area contributed by atoms with Crippen LogP contribution in [0.15, 0.2) is 42.5 Å². The van der Waals surface area contributed by atoms with Crippen LogP contribution in [0.25, 0.3) is 0 Å². The zero-order chi connectivity index (χ0) is 71.6. The number of nitrogens with zero attached hydrogens (tertiary/aromatic N) is 7. The Labute approximate surface area is 551 Å². The highest BCUT2D eigenvalue weighted by atomic mass is 35.5. The number of carbonyl (C=O) groups is 11. The lowest BCUT2D eigenvalue weighted by atomic mass is 9.95. The molecule has 2 heterocycles. The molecule has 10 atom stereocenters. The van der Waals surface area contributed by atoms with E-state index >= 15 is 0 Å². The van der Waals surface area contributed by atoms with Gasteiger partial charge in [-0.2, -0.15) is 26.3 Å².